The van der Waals surface area contributed by atoms with Gasteiger partial charge in [-0.1, -0.05) is 31.9 Å². The Balaban J connectivity index is 2.79. The number of Topliss-reactive ketones (excluding diaryl/α,β-unsaturated/α-hetero) is 1. The maximum Gasteiger partial charge on any atom is 0.175 e. The maximum absolute atomic E-state index is 11.8. The van der Waals surface area contributed by atoms with E-state index < -0.39 is 0 Å². The molecule has 0 aliphatic heterocycles. The van der Waals surface area contributed by atoms with E-state index in [0.29, 0.717) is 4.34 Å². The third-order valence-electron chi connectivity index (χ3n) is 2.06. The van der Waals surface area contributed by atoms with E-state index in [9.17, 15) is 4.79 Å². The van der Waals surface area contributed by atoms with Gasteiger partial charge in [-0.15, -0.1) is 11.3 Å². The Morgan fingerprint density at radius 2 is 2.36 bits per heavy atom. The van der Waals surface area contributed by atoms with Crippen LogP contribution in [0.5, 0.6) is 0 Å². The lowest BCUT2D eigenvalue weighted by atomic mass is 10.0. The lowest BCUT2D eigenvalue weighted by molar-refractivity contribution is 0.0927. The van der Waals surface area contributed by atoms with Gasteiger partial charge in [0.05, 0.1) is 4.88 Å². The molecule has 1 unspecified atom stereocenters. The summed E-state index contributed by atoms with van der Waals surface area (Å²) < 4.78 is 1.47. The van der Waals surface area contributed by atoms with Gasteiger partial charge in [-0.05, 0) is 28.4 Å². The summed E-state index contributed by atoms with van der Waals surface area (Å²) >= 11 is 10.5. The Labute approximate surface area is 102 Å². The average molecular weight is 296 g/mol. The third-order valence-corrected chi connectivity index (χ3v) is 4.55. The highest BCUT2D eigenvalue weighted by atomic mass is 79.9. The van der Waals surface area contributed by atoms with Gasteiger partial charge in [-0.25, -0.2) is 0 Å². The minimum absolute atomic E-state index is 0.0987. The summed E-state index contributed by atoms with van der Waals surface area (Å²) in [7, 11) is 0. The molecule has 0 radical (unpaired) electrons. The van der Waals surface area contributed by atoms with E-state index in [1.807, 2.05) is 13.0 Å². The van der Waals surface area contributed by atoms with Crippen LogP contribution in [-0.4, -0.2) is 5.78 Å². The molecule has 1 rings (SSSR count). The second kappa shape index (κ2) is 5.29. The number of ketones is 1. The number of rotatable bonds is 4. The fraction of sp³-hybridized carbons (Fsp3) is 0.500. The van der Waals surface area contributed by atoms with Crippen LogP contribution in [0.3, 0.4) is 0 Å². The van der Waals surface area contributed by atoms with Crippen LogP contribution in [0.15, 0.2) is 10.5 Å². The van der Waals surface area contributed by atoms with Crippen LogP contribution in [0.1, 0.15) is 36.4 Å². The molecule has 0 saturated heterocycles. The highest BCUT2D eigenvalue weighted by molar-refractivity contribution is 9.10. The Morgan fingerprint density at radius 3 is 2.79 bits per heavy atom. The van der Waals surface area contributed by atoms with Crippen molar-refractivity contribution in [1.82, 2.24) is 0 Å². The highest BCUT2D eigenvalue weighted by Gasteiger charge is 2.17. The molecule has 0 aromatic carbocycles. The van der Waals surface area contributed by atoms with Crippen LogP contribution in [0.4, 0.5) is 0 Å². The van der Waals surface area contributed by atoms with Gasteiger partial charge in [0.25, 0.3) is 0 Å². The van der Waals surface area contributed by atoms with Gasteiger partial charge < -0.3 is 0 Å². The smallest absolute Gasteiger partial charge is 0.175 e. The summed E-state index contributed by atoms with van der Waals surface area (Å²) in [6, 6.07) is 1.81. The largest absolute Gasteiger partial charge is 0.293 e. The minimum atomic E-state index is 0.0987. The second-order valence-corrected chi connectivity index (χ2v) is 5.79. The number of carbonyl (C=O) groups is 1. The zero-order valence-electron chi connectivity index (χ0n) is 8.14. The second-order valence-electron chi connectivity index (χ2n) is 3.29. The highest BCUT2D eigenvalue weighted by Crippen LogP contribution is 2.33. The predicted molar refractivity (Wildman–Crippen MR) is 65.4 cm³/mol. The molecule has 1 nitrogen and oxygen atoms in total. The van der Waals surface area contributed by atoms with Crippen molar-refractivity contribution in [2.45, 2.75) is 26.7 Å². The van der Waals surface area contributed by atoms with E-state index in [1.54, 1.807) is 0 Å². The minimum Gasteiger partial charge on any atom is -0.293 e. The lowest BCUT2D eigenvalue weighted by Gasteiger charge is -2.05. The van der Waals surface area contributed by atoms with E-state index in [4.69, 9.17) is 11.6 Å². The van der Waals surface area contributed by atoms with Crippen LogP contribution < -0.4 is 0 Å². The first-order valence-electron chi connectivity index (χ1n) is 4.55. The zero-order valence-corrected chi connectivity index (χ0v) is 11.3. The molecule has 78 valence electrons. The van der Waals surface area contributed by atoms with Crippen LogP contribution in [0, 0.1) is 5.92 Å². The zero-order chi connectivity index (χ0) is 10.7. The van der Waals surface area contributed by atoms with Gasteiger partial charge in [0.15, 0.2) is 5.78 Å². The molecule has 0 fully saturated rings. The molecule has 0 spiro atoms. The summed E-state index contributed by atoms with van der Waals surface area (Å²) in [6.45, 7) is 4.05. The molecule has 0 amide bonds. The van der Waals surface area contributed by atoms with Crippen LogP contribution in [0.25, 0.3) is 0 Å². The quantitative estimate of drug-likeness (QED) is 0.730. The van der Waals surface area contributed by atoms with Gasteiger partial charge in [-0.2, -0.15) is 0 Å². The molecular weight excluding hydrogens is 284 g/mol. The first-order chi connectivity index (χ1) is 6.56. The predicted octanol–water partition coefficient (Wildman–Crippen LogP) is 4.78. The average Bonchev–Trinajstić information content (AvgIpc) is 2.46. The van der Waals surface area contributed by atoms with Crippen molar-refractivity contribution >= 4 is 44.7 Å². The molecule has 0 bridgehead atoms. The van der Waals surface area contributed by atoms with Crippen LogP contribution in [0.2, 0.25) is 4.34 Å². The molecule has 1 aromatic rings. The summed E-state index contributed by atoms with van der Waals surface area (Å²) in [5, 5.41) is 0. The van der Waals surface area contributed by atoms with Crippen molar-refractivity contribution in [3.8, 4) is 0 Å². The van der Waals surface area contributed by atoms with E-state index >= 15 is 0 Å². The van der Waals surface area contributed by atoms with Crippen LogP contribution >= 0.6 is 38.9 Å². The number of hydrogen-bond donors (Lipinski definition) is 0. The summed E-state index contributed by atoms with van der Waals surface area (Å²) in [4.78, 5) is 12.6. The van der Waals surface area contributed by atoms with Gasteiger partial charge in [0.2, 0.25) is 0 Å². The van der Waals surface area contributed by atoms with Crippen molar-refractivity contribution in [2.24, 2.45) is 5.92 Å². The lowest BCUT2D eigenvalue weighted by Crippen LogP contribution is -2.09. The molecule has 0 saturated carbocycles. The van der Waals surface area contributed by atoms with Crippen molar-refractivity contribution < 1.29 is 4.79 Å². The molecule has 1 heterocycles. The molecule has 1 atom stereocenters. The monoisotopic (exact) mass is 294 g/mol. The molecular formula is C10H12BrClOS. The Kier molecular flexibility index (Phi) is 4.61. The van der Waals surface area contributed by atoms with Gasteiger partial charge in [0.1, 0.15) is 4.34 Å². The molecule has 4 heteroatoms. The first kappa shape index (κ1) is 12.2. The van der Waals surface area contributed by atoms with Crippen molar-refractivity contribution in [2.75, 3.05) is 0 Å². The molecule has 14 heavy (non-hydrogen) atoms. The van der Waals surface area contributed by atoms with Crippen LogP contribution in [-0.2, 0) is 0 Å². The number of thiophene rings is 1. The fourth-order valence-corrected chi connectivity index (χ4v) is 3.03. The maximum atomic E-state index is 11.8. The Hall–Kier alpha value is 0.140. The molecule has 0 aliphatic rings. The standard InChI is InChI=1S/C10H12BrClOS/c1-3-4-6(2)9(13)8-5-7(11)10(12)14-8/h5-6H,3-4H2,1-2H3. The topological polar surface area (TPSA) is 17.1 Å². The van der Waals surface area contributed by atoms with E-state index in [1.165, 1.54) is 11.3 Å². The molecule has 0 N–H and O–H groups in total. The number of hydrogen-bond acceptors (Lipinski definition) is 2. The molecule has 1 aromatic heterocycles. The van der Waals surface area contributed by atoms with E-state index in [0.717, 1.165) is 22.2 Å². The van der Waals surface area contributed by atoms with Crippen molar-refractivity contribution in [3.05, 3.63) is 19.8 Å². The summed E-state index contributed by atoms with van der Waals surface area (Å²) in [5.41, 5.74) is 0. The summed E-state index contributed by atoms with van der Waals surface area (Å²) in [6.07, 6.45) is 1.97. The Morgan fingerprint density at radius 1 is 1.71 bits per heavy atom. The third kappa shape index (κ3) is 2.81. The number of halogens is 2. The SMILES string of the molecule is CCCC(C)C(=O)c1cc(Br)c(Cl)s1. The van der Waals surface area contributed by atoms with E-state index in [-0.39, 0.29) is 11.7 Å². The Bertz CT molecular complexity index is 315. The van der Waals surface area contributed by atoms with Crippen molar-refractivity contribution in [3.63, 3.8) is 0 Å². The van der Waals surface area contributed by atoms with Crippen molar-refractivity contribution in [1.29, 1.82) is 0 Å². The van der Waals surface area contributed by atoms with Gasteiger partial charge in [0, 0.05) is 10.4 Å². The van der Waals surface area contributed by atoms with Gasteiger partial charge >= 0.3 is 0 Å². The normalized spacial score (nSPS) is 12.9. The van der Waals surface area contributed by atoms with E-state index in [2.05, 4.69) is 22.9 Å². The van der Waals surface area contributed by atoms with Gasteiger partial charge in [-0.3, -0.25) is 4.79 Å². The first-order valence-corrected chi connectivity index (χ1v) is 6.54. The molecule has 0 aliphatic carbocycles. The summed E-state index contributed by atoms with van der Waals surface area (Å²) in [5.74, 6) is 0.297. The number of carbonyl (C=O) groups excluding carboxylic acids is 1. The fourth-order valence-electron chi connectivity index (χ4n) is 1.27.